The Morgan fingerprint density at radius 2 is 1.81 bits per heavy atom. The SMILES string of the molecule is Cc1ccc2n(C)c(-c3ccc(/C=N/N=C(\N)N4CCCC4)cc3)c[n+]2c1. The molecule has 2 N–H and O–H groups in total. The van der Waals surface area contributed by atoms with Gasteiger partial charge < -0.3 is 10.6 Å². The molecule has 6 heteroatoms. The van der Waals surface area contributed by atoms with Crippen molar-refractivity contribution in [2.24, 2.45) is 23.0 Å². The fourth-order valence-corrected chi connectivity index (χ4v) is 3.52. The van der Waals surface area contributed by atoms with E-state index in [2.05, 4.69) is 74.7 Å². The minimum Gasteiger partial charge on any atom is -0.368 e. The number of likely N-dealkylation sites (tertiary alicyclic amines) is 1. The molecule has 27 heavy (non-hydrogen) atoms. The second kappa shape index (κ2) is 7.23. The first kappa shape index (κ1) is 17.3. The molecule has 1 aromatic carbocycles. The molecule has 1 aliphatic rings. The summed E-state index contributed by atoms with van der Waals surface area (Å²) in [4.78, 5) is 2.07. The second-order valence-corrected chi connectivity index (χ2v) is 7.06. The van der Waals surface area contributed by atoms with Gasteiger partial charge in [-0.1, -0.05) is 12.1 Å². The molecule has 6 nitrogen and oxygen atoms in total. The van der Waals surface area contributed by atoms with Gasteiger partial charge in [0.1, 0.15) is 6.20 Å². The average molecular weight is 361 g/mol. The number of pyridine rings is 1. The fraction of sp³-hybridized carbons (Fsp3) is 0.286. The lowest BCUT2D eigenvalue weighted by molar-refractivity contribution is -0.510. The molecule has 1 aliphatic heterocycles. The number of nitrogens with two attached hydrogens (primary N) is 1. The molecule has 3 aromatic rings. The number of hydrogen-bond acceptors (Lipinski definition) is 2. The topological polar surface area (TPSA) is 63.0 Å². The van der Waals surface area contributed by atoms with E-state index in [9.17, 15) is 0 Å². The van der Waals surface area contributed by atoms with E-state index in [-0.39, 0.29) is 0 Å². The summed E-state index contributed by atoms with van der Waals surface area (Å²) in [6, 6.07) is 12.6. The molecule has 0 amide bonds. The maximum Gasteiger partial charge on any atom is 0.286 e. The number of nitrogens with zero attached hydrogens (tertiary/aromatic N) is 5. The number of aryl methyl sites for hydroxylation is 2. The van der Waals surface area contributed by atoms with Crippen molar-refractivity contribution >= 4 is 17.8 Å². The Morgan fingerprint density at radius 1 is 1.07 bits per heavy atom. The first-order chi connectivity index (χ1) is 13.1. The van der Waals surface area contributed by atoms with Crippen molar-refractivity contribution in [2.45, 2.75) is 19.8 Å². The molecule has 0 aliphatic carbocycles. The van der Waals surface area contributed by atoms with Crippen LogP contribution >= 0.6 is 0 Å². The highest BCUT2D eigenvalue weighted by Gasteiger charge is 2.15. The van der Waals surface area contributed by atoms with Crippen molar-refractivity contribution < 1.29 is 4.40 Å². The molecular weight excluding hydrogens is 336 g/mol. The van der Waals surface area contributed by atoms with E-state index < -0.39 is 0 Å². The zero-order valence-corrected chi connectivity index (χ0v) is 15.8. The minimum absolute atomic E-state index is 0.503. The number of hydrogen-bond donors (Lipinski definition) is 1. The molecule has 0 saturated carbocycles. The van der Waals surface area contributed by atoms with E-state index in [4.69, 9.17) is 5.73 Å². The van der Waals surface area contributed by atoms with Crippen LogP contribution in [0.4, 0.5) is 0 Å². The van der Waals surface area contributed by atoms with Crippen LogP contribution in [0.15, 0.2) is 59.0 Å². The first-order valence-corrected chi connectivity index (χ1v) is 9.31. The minimum atomic E-state index is 0.503. The smallest absolute Gasteiger partial charge is 0.286 e. The molecule has 138 valence electrons. The van der Waals surface area contributed by atoms with E-state index in [0.717, 1.165) is 29.9 Å². The van der Waals surface area contributed by atoms with Crippen LogP contribution in [-0.4, -0.2) is 34.7 Å². The van der Waals surface area contributed by atoms with Gasteiger partial charge in [-0.2, -0.15) is 5.10 Å². The number of rotatable bonds is 3. The molecule has 3 heterocycles. The van der Waals surface area contributed by atoms with Gasteiger partial charge in [-0.15, -0.1) is 5.10 Å². The van der Waals surface area contributed by atoms with Crippen molar-refractivity contribution in [1.82, 2.24) is 9.47 Å². The molecule has 0 spiro atoms. The molecule has 0 atom stereocenters. The number of fused-ring (bicyclic) bond motifs is 1. The van der Waals surface area contributed by atoms with E-state index in [1.165, 1.54) is 24.1 Å². The summed E-state index contributed by atoms with van der Waals surface area (Å²) in [5, 5.41) is 8.25. The number of imidazole rings is 1. The highest BCUT2D eigenvalue weighted by atomic mass is 15.3. The number of benzene rings is 1. The van der Waals surface area contributed by atoms with E-state index in [0.29, 0.717) is 5.96 Å². The van der Waals surface area contributed by atoms with Gasteiger partial charge in [0, 0.05) is 24.7 Å². The molecule has 2 aromatic heterocycles. The lowest BCUT2D eigenvalue weighted by Crippen LogP contribution is -2.34. The largest absolute Gasteiger partial charge is 0.368 e. The normalized spacial score (nSPS) is 15.3. The van der Waals surface area contributed by atoms with Crippen LogP contribution in [0.2, 0.25) is 0 Å². The molecular formula is C21H25N6+. The van der Waals surface area contributed by atoms with E-state index in [1.54, 1.807) is 6.21 Å². The third-order valence-corrected chi connectivity index (χ3v) is 5.07. The Bertz CT molecular complexity index is 1010. The molecule has 4 rings (SSSR count). The van der Waals surface area contributed by atoms with Gasteiger partial charge in [0.15, 0.2) is 5.69 Å². The Morgan fingerprint density at radius 3 is 2.56 bits per heavy atom. The van der Waals surface area contributed by atoms with Gasteiger partial charge >= 0.3 is 0 Å². The summed E-state index contributed by atoms with van der Waals surface area (Å²) in [5.41, 5.74) is 11.7. The average Bonchev–Trinajstić information content (AvgIpc) is 3.31. The third-order valence-electron chi connectivity index (χ3n) is 5.07. The lowest BCUT2D eigenvalue weighted by Gasteiger charge is -2.13. The summed E-state index contributed by atoms with van der Waals surface area (Å²) in [6.45, 7) is 4.05. The van der Waals surface area contributed by atoms with Crippen LogP contribution in [0.1, 0.15) is 24.0 Å². The third kappa shape index (κ3) is 3.56. The van der Waals surface area contributed by atoms with Crippen molar-refractivity contribution in [1.29, 1.82) is 0 Å². The number of aromatic nitrogens is 2. The van der Waals surface area contributed by atoms with Gasteiger partial charge in [-0.05, 0) is 49.1 Å². The van der Waals surface area contributed by atoms with Crippen LogP contribution in [0.25, 0.3) is 16.9 Å². The highest BCUT2D eigenvalue weighted by Crippen LogP contribution is 2.20. The van der Waals surface area contributed by atoms with Gasteiger partial charge in [0.05, 0.1) is 19.5 Å². The molecule has 0 bridgehead atoms. The lowest BCUT2D eigenvalue weighted by atomic mass is 10.1. The Labute approximate surface area is 159 Å². The van der Waals surface area contributed by atoms with Crippen molar-refractivity contribution in [3.05, 3.63) is 59.9 Å². The van der Waals surface area contributed by atoms with Gasteiger partial charge in [-0.3, -0.25) is 0 Å². The maximum atomic E-state index is 5.96. The molecule has 0 radical (unpaired) electrons. The summed E-state index contributed by atoms with van der Waals surface area (Å²) in [6.07, 6.45) is 8.39. The zero-order chi connectivity index (χ0) is 18.8. The fourth-order valence-electron chi connectivity index (χ4n) is 3.52. The Kier molecular flexibility index (Phi) is 4.62. The summed E-state index contributed by atoms with van der Waals surface area (Å²) >= 11 is 0. The van der Waals surface area contributed by atoms with Gasteiger partial charge in [-0.25, -0.2) is 8.97 Å². The van der Waals surface area contributed by atoms with Crippen LogP contribution in [0, 0.1) is 6.92 Å². The summed E-state index contributed by atoms with van der Waals surface area (Å²) in [7, 11) is 2.09. The molecule has 0 unspecified atom stereocenters. The monoisotopic (exact) mass is 361 g/mol. The predicted octanol–water partition coefficient (Wildman–Crippen LogP) is 2.48. The predicted molar refractivity (Wildman–Crippen MR) is 109 cm³/mol. The highest BCUT2D eigenvalue weighted by molar-refractivity contribution is 5.83. The van der Waals surface area contributed by atoms with Crippen LogP contribution in [-0.2, 0) is 7.05 Å². The molecule has 1 fully saturated rings. The van der Waals surface area contributed by atoms with Crippen molar-refractivity contribution in [3.63, 3.8) is 0 Å². The zero-order valence-electron chi connectivity index (χ0n) is 15.8. The standard InChI is InChI=1S/C21H25N6/c1-16-5-10-20-25(2)19(15-27(20)14-16)18-8-6-17(7-9-18)13-23-24-21(22)26-11-3-4-12-26/h5-10,13-15H,3-4,11-12H2,1-2H3,(H2,22,24)/q+1/b23-13+. The Balaban J connectivity index is 1.53. The van der Waals surface area contributed by atoms with E-state index >= 15 is 0 Å². The van der Waals surface area contributed by atoms with Crippen molar-refractivity contribution in [3.8, 4) is 11.3 Å². The van der Waals surface area contributed by atoms with Gasteiger partial charge in [0.25, 0.3) is 5.65 Å². The maximum absolute atomic E-state index is 5.96. The molecule has 1 saturated heterocycles. The van der Waals surface area contributed by atoms with Crippen LogP contribution in [0.3, 0.4) is 0 Å². The quantitative estimate of drug-likeness (QED) is 0.337. The summed E-state index contributed by atoms with van der Waals surface area (Å²) in [5.74, 6) is 0.503. The Hall–Kier alpha value is -3.15. The second-order valence-electron chi connectivity index (χ2n) is 7.06. The number of guanidine groups is 1. The first-order valence-electron chi connectivity index (χ1n) is 9.31. The van der Waals surface area contributed by atoms with Crippen LogP contribution in [0.5, 0.6) is 0 Å². The van der Waals surface area contributed by atoms with Gasteiger partial charge in [0.2, 0.25) is 5.96 Å². The summed E-state index contributed by atoms with van der Waals surface area (Å²) < 4.78 is 4.36. The van der Waals surface area contributed by atoms with Crippen molar-refractivity contribution in [2.75, 3.05) is 13.1 Å². The van der Waals surface area contributed by atoms with E-state index in [1.807, 2.05) is 12.1 Å². The van der Waals surface area contributed by atoms with Crippen LogP contribution < -0.4 is 10.1 Å².